The Morgan fingerprint density at radius 3 is 2.46 bits per heavy atom. The molecule has 0 aliphatic carbocycles. The van der Waals surface area contributed by atoms with E-state index in [0.717, 1.165) is 11.8 Å². The molecule has 8 heteroatoms. The first-order chi connectivity index (χ1) is 13.1. The van der Waals surface area contributed by atoms with Crippen LogP contribution in [0, 0.1) is 11.7 Å². The van der Waals surface area contributed by atoms with Gasteiger partial charge in [0.15, 0.2) is 0 Å². The summed E-state index contributed by atoms with van der Waals surface area (Å²) in [6.45, 7) is 3.59. The second-order valence-corrected chi connectivity index (χ2v) is 8.86. The Labute approximate surface area is 164 Å². The smallest absolute Gasteiger partial charge is 0.245 e. The fourth-order valence-electron chi connectivity index (χ4n) is 3.07. The molecular weight excluding hydrogens is 381 g/mol. The minimum absolute atomic E-state index is 0.139. The predicted octanol–water partition coefficient (Wildman–Crippen LogP) is 3.53. The lowest BCUT2D eigenvalue weighted by molar-refractivity contribution is -0.136. The zero-order valence-corrected chi connectivity index (χ0v) is 16.7. The van der Waals surface area contributed by atoms with Gasteiger partial charge in [0, 0.05) is 18.0 Å². The number of anilines is 1. The number of carbonyl (C=O) groups excluding carboxylic acids is 1. The number of hydrazone groups is 1. The number of nitrogens with zero attached hydrogens (tertiary/aromatic N) is 2. The molecule has 1 heterocycles. The van der Waals surface area contributed by atoms with Crippen LogP contribution in [-0.2, 0) is 14.8 Å². The van der Waals surface area contributed by atoms with E-state index in [0.29, 0.717) is 23.4 Å². The molecule has 0 bridgehead atoms. The van der Waals surface area contributed by atoms with Crippen LogP contribution in [0.2, 0.25) is 0 Å². The Bertz CT molecular complexity index is 1020. The molecule has 148 valence electrons. The van der Waals surface area contributed by atoms with Crippen LogP contribution in [0.15, 0.2) is 53.6 Å². The molecule has 3 rings (SSSR count). The van der Waals surface area contributed by atoms with Crippen molar-refractivity contribution >= 4 is 27.3 Å². The van der Waals surface area contributed by atoms with Crippen LogP contribution in [0.25, 0.3) is 0 Å². The molecule has 0 fully saturated rings. The third kappa shape index (κ3) is 4.56. The SMILES string of the molecule is CC(C)C(=O)N1N=C(c2ccc(NS(C)(=O)=O)cc2)C[C@@H]1c1cccc(F)c1. The number of hydrogen-bond acceptors (Lipinski definition) is 4. The van der Waals surface area contributed by atoms with E-state index in [1.807, 2.05) is 0 Å². The van der Waals surface area contributed by atoms with Crippen molar-refractivity contribution in [2.45, 2.75) is 26.3 Å². The quantitative estimate of drug-likeness (QED) is 0.829. The first-order valence-electron chi connectivity index (χ1n) is 8.88. The summed E-state index contributed by atoms with van der Waals surface area (Å²) >= 11 is 0. The molecule has 2 aromatic carbocycles. The highest BCUT2D eigenvalue weighted by molar-refractivity contribution is 7.92. The lowest BCUT2D eigenvalue weighted by Gasteiger charge is -2.23. The Kier molecular flexibility index (Phi) is 5.51. The second-order valence-electron chi connectivity index (χ2n) is 7.11. The molecule has 2 aromatic rings. The third-order valence-corrected chi connectivity index (χ3v) is 4.99. The van der Waals surface area contributed by atoms with E-state index in [4.69, 9.17) is 0 Å². The van der Waals surface area contributed by atoms with E-state index in [1.165, 1.54) is 17.1 Å². The molecule has 1 atom stereocenters. The number of amides is 1. The highest BCUT2D eigenvalue weighted by Crippen LogP contribution is 2.34. The van der Waals surface area contributed by atoms with Gasteiger partial charge in [-0.3, -0.25) is 9.52 Å². The van der Waals surface area contributed by atoms with Crippen molar-refractivity contribution < 1.29 is 17.6 Å². The summed E-state index contributed by atoms with van der Waals surface area (Å²) < 4.78 is 38.8. The maximum Gasteiger partial charge on any atom is 0.245 e. The largest absolute Gasteiger partial charge is 0.284 e. The standard InChI is InChI=1S/C20H22FN3O3S/c1-13(2)20(25)24-19(15-5-4-6-16(21)11-15)12-18(22-24)14-7-9-17(10-8-14)23-28(3,26)27/h4-11,13,19,23H,12H2,1-3H3/t19-/m1/s1. The summed E-state index contributed by atoms with van der Waals surface area (Å²) in [5.41, 5.74) is 2.60. The predicted molar refractivity (Wildman–Crippen MR) is 107 cm³/mol. The first-order valence-corrected chi connectivity index (χ1v) is 10.8. The molecule has 1 amide bonds. The monoisotopic (exact) mass is 403 g/mol. The van der Waals surface area contributed by atoms with Gasteiger partial charge in [0.25, 0.3) is 0 Å². The maximum absolute atomic E-state index is 13.7. The molecule has 1 N–H and O–H groups in total. The van der Waals surface area contributed by atoms with Gasteiger partial charge >= 0.3 is 0 Å². The van der Waals surface area contributed by atoms with E-state index in [1.54, 1.807) is 50.2 Å². The number of nitrogens with one attached hydrogen (secondary N) is 1. The van der Waals surface area contributed by atoms with Crippen LogP contribution in [0.1, 0.15) is 37.4 Å². The van der Waals surface area contributed by atoms with E-state index in [9.17, 15) is 17.6 Å². The minimum Gasteiger partial charge on any atom is -0.284 e. The summed E-state index contributed by atoms with van der Waals surface area (Å²) in [4.78, 5) is 12.6. The number of rotatable bonds is 5. The number of halogens is 1. The van der Waals surface area contributed by atoms with Crippen LogP contribution in [0.5, 0.6) is 0 Å². The van der Waals surface area contributed by atoms with Gasteiger partial charge in [-0.15, -0.1) is 0 Å². The highest BCUT2D eigenvalue weighted by Gasteiger charge is 2.34. The molecule has 0 saturated heterocycles. The zero-order chi connectivity index (χ0) is 20.5. The highest BCUT2D eigenvalue weighted by atomic mass is 32.2. The Morgan fingerprint density at radius 2 is 1.89 bits per heavy atom. The Hall–Kier alpha value is -2.74. The topological polar surface area (TPSA) is 78.8 Å². The van der Waals surface area contributed by atoms with Crippen LogP contribution < -0.4 is 4.72 Å². The molecular formula is C20H22FN3O3S. The van der Waals surface area contributed by atoms with Crippen molar-refractivity contribution in [2.75, 3.05) is 11.0 Å². The van der Waals surface area contributed by atoms with Crippen molar-refractivity contribution in [3.8, 4) is 0 Å². The third-order valence-electron chi connectivity index (χ3n) is 4.38. The van der Waals surface area contributed by atoms with Gasteiger partial charge in [0.2, 0.25) is 15.9 Å². The summed E-state index contributed by atoms with van der Waals surface area (Å²) in [5.74, 6) is -0.751. The zero-order valence-electron chi connectivity index (χ0n) is 15.9. The maximum atomic E-state index is 13.7. The molecule has 28 heavy (non-hydrogen) atoms. The van der Waals surface area contributed by atoms with Crippen LogP contribution >= 0.6 is 0 Å². The molecule has 0 spiro atoms. The van der Waals surface area contributed by atoms with Gasteiger partial charge in [0.1, 0.15) is 5.82 Å². The lowest BCUT2D eigenvalue weighted by Crippen LogP contribution is -2.30. The Balaban J connectivity index is 1.91. The number of sulfonamides is 1. The second kappa shape index (κ2) is 7.71. The fourth-order valence-corrected chi connectivity index (χ4v) is 3.64. The van der Waals surface area contributed by atoms with Crippen molar-refractivity contribution in [2.24, 2.45) is 11.0 Å². The van der Waals surface area contributed by atoms with Gasteiger partial charge in [-0.25, -0.2) is 17.8 Å². The van der Waals surface area contributed by atoms with Crippen molar-refractivity contribution in [3.05, 3.63) is 65.5 Å². The lowest BCUT2D eigenvalue weighted by atomic mass is 9.97. The molecule has 0 radical (unpaired) electrons. The van der Waals surface area contributed by atoms with Gasteiger partial charge in [0.05, 0.1) is 18.0 Å². The number of hydrogen-bond donors (Lipinski definition) is 1. The van der Waals surface area contributed by atoms with Crippen molar-refractivity contribution in [1.29, 1.82) is 0 Å². The van der Waals surface area contributed by atoms with Crippen LogP contribution in [0.3, 0.4) is 0 Å². The average molecular weight is 403 g/mol. The fraction of sp³-hybridized carbons (Fsp3) is 0.300. The Morgan fingerprint density at radius 1 is 1.21 bits per heavy atom. The van der Waals surface area contributed by atoms with E-state index >= 15 is 0 Å². The van der Waals surface area contributed by atoms with E-state index in [-0.39, 0.29) is 23.7 Å². The summed E-state index contributed by atoms with van der Waals surface area (Å²) in [7, 11) is -3.36. The molecule has 1 aliphatic rings. The summed E-state index contributed by atoms with van der Waals surface area (Å²) in [5, 5.41) is 5.94. The van der Waals surface area contributed by atoms with Gasteiger partial charge in [-0.05, 0) is 35.4 Å². The molecule has 6 nitrogen and oxygen atoms in total. The first kappa shape index (κ1) is 20.0. The molecule has 1 aliphatic heterocycles. The molecule has 0 saturated carbocycles. The average Bonchev–Trinajstić information content (AvgIpc) is 3.05. The normalized spacial score (nSPS) is 17.0. The number of carbonyl (C=O) groups is 1. The molecule has 0 aromatic heterocycles. The van der Waals surface area contributed by atoms with Gasteiger partial charge in [-0.2, -0.15) is 5.10 Å². The van der Waals surface area contributed by atoms with Gasteiger partial charge < -0.3 is 0 Å². The van der Waals surface area contributed by atoms with Gasteiger partial charge in [-0.1, -0.05) is 38.1 Å². The number of benzene rings is 2. The summed E-state index contributed by atoms with van der Waals surface area (Å²) in [6, 6.07) is 12.6. The minimum atomic E-state index is -3.36. The summed E-state index contributed by atoms with van der Waals surface area (Å²) in [6.07, 6.45) is 1.53. The van der Waals surface area contributed by atoms with Crippen LogP contribution in [0.4, 0.5) is 10.1 Å². The molecule has 0 unspecified atom stereocenters. The van der Waals surface area contributed by atoms with E-state index < -0.39 is 10.0 Å². The van der Waals surface area contributed by atoms with Crippen molar-refractivity contribution in [1.82, 2.24) is 5.01 Å². The van der Waals surface area contributed by atoms with Crippen LogP contribution in [-0.4, -0.2) is 31.3 Å². The van der Waals surface area contributed by atoms with Crippen molar-refractivity contribution in [3.63, 3.8) is 0 Å². The van der Waals surface area contributed by atoms with E-state index in [2.05, 4.69) is 9.82 Å².